The SMILES string of the molecule is COc1cc(/C=C2/SC(=S)NC2=O)ccc1OCc1ccc(I)cc1. The number of amides is 1. The second-order valence-corrected chi connectivity index (χ2v) is 8.14. The molecule has 1 saturated heterocycles. The summed E-state index contributed by atoms with van der Waals surface area (Å²) < 4.78 is 12.9. The molecular formula is C18H14INO3S2. The molecule has 2 aromatic rings. The monoisotopic (exact) mass is 483 g/mol. The summed E-state index contributed by atoms with van der Waals surface area (Å²) in [5, 5.41) is 2.60. The molecule has 1 N–H and O–H groups in total. The van der Waals surface area contributed by atoms with Gasteiger partial charge in [0.25, 0.3) is 5.91 Å². The van der Waals surface area contributed by atoms with Crippen LogP contribution in [0.5, 0.6) is 11.5 Å². The lowest BCUT2D eigenvalue weighted by Crippen LogP contribution is -2.17. The standard InChI is InChI=1S/C18H14INO3S2/c1-22-15-8-12(9-16-17(21)20-18(24)25-16)4-7-14(15)23-10-11-2-5-13(19)6-3-11/h2-9H,10H2,1H3,(H,20,21,24)/b16-9+. The minimum atomic E-state index is -0.173. The van der Waals surface area contributed by atoms with E-state index in [9.17, 15) is 4.79 Å². The van der Waals surface area contributed by atoms with Crippen LogP contribution in [0.1, 0.15) is 11.1 Å². The van der Waals surface area contributed by atoms with Crippen molar-refractivity contribution in [3.8, 4) is 11.5 Å². The van der Waals surface area contributed by atoms with Crippen LogP contribution >= 0.6 is 46.6 Å². The van der Waals surface area contributed by atoms with E-state index >= 15 is 0 Å². The Bertz CT molecular complexity index is 850. The van der Waals surface area contributed by atoms with Crippen LogP contribution in [0.3, 0.4) is 0 Å². The lowest BCUT2D eigenvalue weighted by Gasteiger charge is -2.11. The Morgan fingerprint density at radius 1 is 1.20 bits per heavy atom. The van der Waals surface area contributed by atoms with Gasteiger partial charge in [-0.05, 0) is 64.1 Å². The molecule has 2 aromatic carbocycles. The maximum atomic E-state index is 11.7. The molecule has 1 aliphatic heterocycles. The van der Waals surface area contributed by atoms with Crippen LogP contribution < -0.4 is 14.8 Å². The molecule has 0 saturated carbocycles. The lowest BCUT2D eigenvalue weighted by atomic mass is 10.2. The molecular weight excluding hydrogens is 469 g/mol. The molecule has 0 bridgehead atoms. The molecule has 128 valence electrons. The van der Waals surface area contributed by atoms with Gasteiger partial charge in [-0.1, -0.05) is 42.2 Å². The van der Waals surface area contributed by atoms with Crippen molar-refractivity contribution in [2.24, 2.45) is 0 Å². The number of hydrogen-bond donors (Lipinski definition) is 1. The largest absolute Gasteiger partial charge is 0.493 e. The van der Waals surface area contributed by atoms with E-state index in [-0.39, 0.29) is 5.91 Å². The van der Waals surface area contributed by atoms with Crippen LogP contribution in [-0.2, 0) is 11.4 Å². The van der Waals surface area contributed by atoms with Crippen molar-refractivity contribution in [3.63, 3.8) is 0 Å². The molecule has 4 nitrogen and oxygen atoms in total. The molecule has 3 rings (SSSR count). The van der Waals surface area contributed by atoms with Crippen molar-refractivity contribution in [1.29, 1.82) is 0 Å². The number of nitrogens with one attached hydrogen (secondary N) is 1. The first-order valence-corrected chi connectivity index (χ1v) is 9.65. The second kappa shape index (κ2) is 8.20. The highest BCUT2D eigenvalue weighted by molar-refractivity contribution is 14.1. The van der Waals surface area contributed by atoms with Crippen molar-refractivity contribution in [2.45, 2.75) is 6.61 Å². The van der Waals surface area contributed by atoms with E-state index in [0.717, 1.165) is 11.1 Å². The molecule has 7 heteroatoms. The van der Waals surface area contributed by atoms with Gasteiger partial charge in [-0.25, -0.2) is 0 Å². The summed E-state index contributed by atoms with van der Waals surface area (Å²) in [4.78, 5) is 12.3. The highest BCUT2D eigenvalue weighted by Gasteiger charge is 2.22. The second-order valence-electron chi connectivity index (χ2n) is 5.18. The summed E-state index contributed by atoms with van der Waals surface area (Å²) in [5.41, 5.74) is 1.93. The van der Waals surface area contributed by atoms with Gasteiger partial charge in [0.15, 0.2) is 11.5 Å². The Hall–Kier alpha value is -1.58. The van der Waals surface area contributed by atoms with Crippen LogP contribution in [0.2, 0.25) is 0 Å². The predicted molar refractivity (Wildman–Crippen MR) is 113 cm³/mol. The van der Waals surface area contributed by atoms with E-state index in [0.29, 0.717) is 27.3 Å². The van der Waals surface area contributed by atoms with Crippen molar-refractivity contribution in [2.75, 3.05) is 7.11 Å². The van der Waals surface area contributed by atoms with E-state index in [2.05, 4.69) is 27.9 Å². The zero-order chi connectivity index (χ0) is 17.8. The Morgan fingerprint density at radius 2 is 1.96 bits per heavy atom. The fourth-order valence-electron chi connectivity index (χ4n) is 2.21. The molecule has 0 atom stereocenters. The van der Waals surface area contributed by atoms with Gasteiger partial charge in [0, 0.05) is 3.57 Å². The lowest BCUT2D eigenvalue weighted by molar-refractivity contribution is -0.115. The zero-order valence-corrected chi connectivity index (χ0v) is 17.0. The van der Waals surface area contributed by atoms with Crippen LogP contribution in [0, 0.1) is 3.57 Å². The van der Waals surface area contributed by atoms with Gasteiger partial charge in [0.1, 0.15) is 10.9 Å². The predicted octanol–water partition coefficient (Wildman–Crippen LogP) is 4.37. The molecule has 25 heavy (non-hydrogen) atoms. The van der Waals surface area contributed by atoms with E-state index in [1.54, 1.807) is 13.2 Å². The molecule has 1 heterocycles. The third kappa shape index (κ3) is 4.74. The first kappa shape index (κ1) is 18.2. The Kier molecular flexibility index (Phi) is 5.98. The first-order chi connectivity index (χ1) is 12.0. The number of carbonyl (C=O) groups excluding carboxylic acids is 1. The van der Waals surface area contributed by atoms with E-state index < -0.39 is 0 Å². The molecule has 0 radical (unpaired) electrons. The fraction of sp³-hybridized carbons (Fsp3) is 0.111. The number of hydrogen-bond acceptors (Lipinski definition) is 5. The van der Waals surface area contributed by atoms with Crippen molar-refractivity contribution in [1.82, 2.24) is 5.32 Å². The zero-order valence-electron chi connectivity index (χ0n) is 13.2. The number of benzene rings is 2. The van der Waals surface area contributed by atoms with E-state index in [1.807, 2.05) is 42.5 Å². The molecule has 0 aliphatic carbocycles. The van der Waals surface area contributed by atoms with Gasteiger partial charge < -0.3 is 14.8 Å². The highest BCUT2D eigenvalue weighted by Crippen LogP contribution is 2.32. The topological polar surface area (TPSA) is 47.6 Å². The Labute approximate surface area is 169 Å². The molecule has 1 fully saturated rings. The smallest absolute Gasteiger partial charge is 0.263 e. The number of rotatable bonds is 5. The minimum absolute atomic E-state index is 0.173. The minimum Gasteiger partial charge on any atom is -0.493 e. The number of ether oxygens (including phenoxy) is 2. The van der Waals surface area contributed by atoms with Crippen LogP contribution in [-0.4, -0.2) is 17.3 Å². The summed E-state index contributed by atoms with van der Waals surface area (Å²) >= 11 is 8.52. The maximum absolute atomic E-state index is 11.7. The van der Waals surface area contributed by atoms with Gasteiger partial charge in [0.05, 0.1) is 12.0 Å². The van der Waals surface area contributed by atoms with E-state index in [4.69, 9.17) is 21.7 Å². The van der Waals surface area contributed by atoms with Gasteiger partial charge in [-0.2, -0.15) is 0 Å². The molecule has 0 aromatic heterocycles. The van der Waals surface area contributed by atoms with Crippen LogP contribution in [0.4, 0.5) is 0 Å². The van der Waals surface area contributed by atoms with Gasteiger partial charge in [-0.15, -0.1) is 0 Å². The molecule has 0 spiro atoms. The average Bonchev–Trinajstić information content (AvgIpc) is 2.92. The molecule has 1 amide bonds. The summed E-state index contributed by atoms with van der Waals surface area (Å²) in [6, 6.07) is 13.7. The first-order valence-electron chi connectivity index (χ1n) is 7.35. The van der Waals surface area contributed by atoms with Crippen molar-refractivity contribution >= 4 is 62.9 Å². The van der Waals surface area contributed by atoms with Crippen LogP contribution in [0.15, 0.2) is 47.4 Å². The summed E-state index contributed by atoms with van der Waals surface area (Å²) in [6.45, 7) is 0.459. The van der Waals surface area contributed by atoms with Crippen molar-refractivity contribution in [3.05, 3.63) is 62.1 Å². The summed E-state index contributed by atoms with van der Waals surface area (Å²) in [6.07, 6.45) is 1.78. The van der Waals surface area contributed by atoms with Gasteiger partial charge >= 0.3 is 0 Å². The van der Waals surface area contributed by atoms with E-state index in [1.165, 1.54) is 15.3 Å². The number of thiocarbonyl (C=S) groups is 1. The molecule has 0 unspecified atom stereocenters. The maximum Gasteiger partial charge on any atom is 0.263 e. The number of methoxy groups -OCH3 is 1. The quantitative estimate of drug-likeness (QED) is 0.389. The third-order valence-electron chi connectivity index (χ3n) is 3.44. The van der Waals surface area contributed by atoms with Crippen molar-refractivity contribution < 1.29 is 14.3 Å². The Balaban J connectivity index is 1.75. The van der Waals surface area contributed by atoms with Gasteiger partial charge in [-0.3, -0.25) is 4.79 Å². The highest BCUT2D eigenvalue weighted by atomic mass is 127. The number of halogens is 1. The molecule has 1 aliphatic rings. The van der Waals surface area contributed by atoms with Gasteiger partial charge in [0.2, 0.25) is 0 Å². The average molecular weight is 483 g/mol. The third-order valence-corrected chi connectivity index (χ3v) is 5.32. The normalized spacial score (nSPS) is 15.4. The van der Waals surface area contributed by atoms with Crippen LogP contribution in [0.25, 0.3) is 6.08 Å². The Morgan fingerprint density at radius 3 is 2.60 bits per heavy atom. The fourth-order valence-corrected chi connectivity index (χ4v) is 3.61. The number of thioether (sulfide) groups is 1. The number of carbonyl (C=O) groups is 1. The summed E-state index contributed by atoms with van der Waals surface area (Å²) in [5.74, 6) is 1.10. The summed E-state index contributed by atoms with van der Waals surface area (Å²) in [7, 11) is 1.59.